The minimum absolute atomic E-state index is 0.110. The second kappa shape index (κ2) is 3.00. The summed E-state index contributed by atoms with van der Waals surface area (Å²) in [7, 11) is 0. The van der Waals surface area contributed by atoms with E-state index in [1.165, 1.54) is 12.1 Å². The molecule has 0 amide bonds. The molecule has 2 unspecified atom stereocenters. The Labute approximate surface area is 76.9 Å². The molecule has 2 nitrogen and oxygen atoms in total. The second-order valence-corrected chi connectivity index (χ2v) is 3.58. The lowest BCUT2D eigenvalue weighted by molar-refractivity contribution is 0.607. The van der Waals surface area contributed by atoms with Crippen molar-refractivity contribution >= 4 is 5.69 Å². The fraction of sp³-hybridized carbons (Fsp3) is 0.400. The maximum absolute atomic E-state index is 12.8. The van der Waals surface area contributed by atoms with Crippen molar-refractivity contribution < 1.29 is 4.39 Å². The Hall–Kier alpha value is -1.09. The zero-order valence-corrected chi connectivity index (χ0v) is 7.55. The first-order chi connectivity index (χ1) is 6.18. The Morgan fingerprint density at radius 2 is 2.38 bits per heavy atom. The fourth-order valence-electron chi connectivity index (χ4n) is 1.80. The number of fused-ring (bicyclic) bond motifs is 1. The van der Waals surface area contributed by atoms with Gasteiger partial charge in [-0.25, -0.2) is 4.39 Å². The van der Waals surface area contributed by atoms with Gasteiger partial charge in [-0.15, -0.1) is 0 Å². The van der Waals surface area contributed by atoms with Crippen molar-refractivity contribution in [3.8, 4) is 0 Å². The van der Waals surface area contributed by atoms with Gasteiger partial charge in [0.25, 0.3) is 0 Å². The Balaban J connectivity index is 2.38. The molecule has 0 bridgehead atoms. The molecular formula is C10H13FN2. The molecule has 13 heavy (non-hydrogen) atoms. The first-order valence-electron chi connectivity index (χ1n) is 4.47. The predicted molar refractivity (Wildman–Crippen MR) is 51.3 cm³/mol. The molecule has 0 aliphatic carbocycles. The van der Waals surface area contributed by atoms with Gasteiger partial charge in [0.05, 0.1) is 0 Å². The summed E-state index contributed by atoms with van der Waals surface area (Å²) in [6.45, 7) is 2.79. The van der Waals surface area contributed by atoms with E-state index < -0.39 is 0 Å². The number of halogens is 1. The van der Waals surface area contributed by atoms with Crippen molar-refractivity contribution in [2.24, 2.45) is 5.73 Å². The van der Waals surface area contributed by atoms with E-state index in [9.17, 15) is 4.39 Å². The van der Waals surface area contributed by atoms with E-state index in [-0.39, 0.29) is 11.9 Å². The first-order valence-corrected chi connectivity index (χ1v) is 4.47. The molecule has 0 fully saturated rings. The topological polar surface area (TPSA) is 38.0 Å². The van der Waals surface area contributed by atoms with Gasteiger partial charge >= 0.3 is 0 Å². The van der Waals surface area contributed by atoms with Crippen molar-refractivity contribution in [2.45, 2.75) is 18.9 Å². The van der Waals surface area contributed by atoms with Crippen LogP contribution in [-0.2, 0) is 0 Å². The SMILES string of the molecule is CC(N)C1CNc2cc(F)ccc21. The Morgan fingerprint density at radius 1 is 1.62 bits per heavy atom. The quantitative estimate of drug-likeness (QED) is 0.690. The van der Waals surface area contributed by atoms with E-state index in [2.05, 4.69) is 5.32 Å². The molecule has 0 saturated carbocycles. The molecule has 0 radical (unpaired) electrons. The maximum Gasteiger partial charge on any atom is 0.125 e. The number of nitrogens with one attached hydrogen (secondary N) is 1. The van der Waals surface area contributed by atoms with Crippen molar-refractivity contribution in [1.29, 1.82) is 0 Å². The van der Waals surface area contributed by atoms with Gasteiger partial charge in [0.15, 0.2) is 0 Å². The molecule has 1 aliphatic rings. The maximum atomic E-state index is 12.8. The van der Waals surface area contributed by atoms with Gasteiger partial charge in [-0.3, -0.25) is 0 Å². The summed E-state index contributed by atoms with van der Waals surface area (Å²) in [6.07, 6.45) is 0. The van der Waals surface area contributed by atoms with E-state index in [0.29, 0.717) is 5.92 Å². The molecule has 2 atom stereocenters. The number of hydrogen-bond donors (Lipinski definition) is 2. The average molecular weight is 180 g/mol. The molecule has 1 aromatic carbocycles. The van der Waals surface area contributed by atoms with Gasteiger partial charge in [0.2, 0.25) is 0 Å². The van der Waals surface area contributed by atoms with E-state index in [0.717, 1.165) is 17.8 Å². The van der Waals surface area contributed by atoms with E-state index >= 15 is 0 Å². The summed E-state index contributed by atoms with van der Waals surface area (Å²) in [5, 5.41) is 3.15. The van der Waals surface area contributed by atoms with Crippen LogP contribution in [0.3, 0.4) is 0 Å². The van der Waals surface area contributed by atoms with Crippen molar-refractivity contribution in [3.05, 3.63) is 29.6 Å². The van der Waals surface area contributed by atoms with Crippen LogP contribution in [0.15, 0.2) is 18.2 Å². The smallest absolute Gasteiger partial charge is 0.125 e. The van der Waals surface area contributed by atoms with Gasteiger partial charge in [-0.1, -0.05) is 6.07 Å². The highest BCUT2D eigenvalue weighted by molar-refractivity contribution is 5.58. The van der Waals surface area contributed by atoms with Crippen LogP contribution in [-0.4, -0.2) is 12.6 Å². The Morgan fingerprint density at radius 3 is 3.08 bits per heavy atom. The molecule has 0 aromatic heterocycles. The number of benzene rings is 1. The molecule has 3 N–H and O–H groups in total. The number of anilines is 1. The molecular weight excluding hydrogens is 167 g/mol. The third-order valence-electron chi connectivity index (χ3n) is 2.56. The molecule has 2 rings (SSSR count). The van der Waals surface area contributed by atoms with Gasteiger partial charge in [-0.2, -0.15) is 0 Å². The van der Waals surface area contributed by atoms with Crippen LogP contribution in [0.25, 0.3) is 0 Å². The Bertz CT molecular complexity index is 323. The highest BCUT2D eigenvalue weighted by atomic mass is 19.1. The summed E-state index contributed by atoms with van der Waals surface area (Å²) in [5.74, 6) is 0.118. The van der Waals surface area contributed by atoms with Crippen molar-refractivity contribution in [2.75, 3.05) is 11.9 Å². The second-order valence-electron chi connectivity index (χ2n) is 3.58. The molecule has 0 spiro atoms. The highest BCUT2D eigenvalue weighted by Gasteiger charge is 2.24. The van der Waals surface area contributed by atoms with Crippen molar-refractivity contribution in [3.63, 3.8) is 0 Å². The minimum Gasteiger partial charge on any atom is -0.384 e. The standard InChI is InChI=1S/C10H13FN2/c1-6(12)9-5-13-10-4-7(11)2-3-8(9)10/h2-4,6,9,13H,5,12H2,1H3. The van der Waals surface area contributed by atoms with Gasteiger partial charge < -0.3 is 11.1 Å². The largest absolute Gasteiger partial charge is 0.384 e. The summed E-state index contributed by atoms with van der Waals surface area (Å²) < 4.78 is 12.8. The lowest BCUT2D eigenvalue weighted by Gasteiger charge is -2.13. The number of nitrogens with two attached hydrogens (primary N) is 1. The first kappa shape index (κ1) is 8.51. The summed E-state index contributed by atoms with van der Waals surface area (Å²) in [5.41, 5.74) is 7.84. The average Bonchev–Trinajstić information content (AvgIpc) is 2.46. The fourth-order valence-corrected chi connectivity index (χ4v) is 1.80. The molecule has 1 aliphatic heterocycles. The zero-order valence-electron chi connectivity index (χ0n) is 7.55. The molecule has 70 valence electrons. The van der Waals surface area contributed by atoms with Gasteiger partial charge in [-0.05, 0) is 24.6 Å². The van der Waals surface area contributed by atoms with Crippen LogP contribution in [0.2, 0.25) is 0 Å². The number of rotatable bonds is 1. The number of hydrogen-bond acceptors (Lipinski definition) is 2. The summed E-state index contributed by atoms with van der Waals surface area (Å²) in [4.78, 5) is 0. The monoisotopic (exact) mass is 180 g/mol. The van der Waals surface area contributed by atoms with Gasteiger partial charge in [0.1, 0.15) is 5.82 Å². The summed E-state index contributed by atoms with van der Waals surface area (Å²) >= 11 is 0. The molecule has 1 aromatic rings. The van der Waals surface area contributed by atoms with E-state index in [4.69, 9.17) is 5.73 Å². The van der Waals surface area contributed by atoms with E-state index in [1.54, 1.807) is 0 Å². The lowest BCUT2D eigenvalue weighted by atomic mass is 9.95. The normalized spacial score (nSPS) is 22.2. The third-order valence-corrected chi connectivity index (χ3v) is 2.56. The highest BCUT2D eigenvalue weighted by Crippen LogP contribution is 2.33. The minimum atomic E-state index is -0.198. The van der Waals surface area contributed by atoms with Crippen LogP contribution in [0, 0.1) is 5.82 Å². The lowest BCUT2D eigenvalue weighted by Crippen LogP contribution is -2.25. The summed E-state index contributed by atoms with van der Waals surface area (Å²) in [6, 6.07) is 4.94. The van der Waals surface area contributed by atoms with Crippen LogP contribution in [0.5, 0.6) is 0 Å². The predicted octanol–water partition coefficient (Wildman–Crippen LogP) is 1.68. The van der Waals surface area contributed by atoms with Crippen LogP contribution in [0.4, 0.5) is 10.1 Å². The van der Waals surface area contributed by atoms with Crippen LogP contribution in [0.1, 0.15) is 18.4 Å². The molecule has 0 saturated heterocycles. The van der Waals surface area contributed by atoms with Crippen LogP contribution < -0.4 is 11.1 Å². The van der Waals surface area contributed by atoms with Crippen LogP contribution >= 0.6 is 0 Å². The molecule has 1 heterocycles. The van der Waals surface area contributed by atoms with Crippen molar-refractivity contribution in [1.82, 2.24) is 0 Å². The Kier molecular flexibility index (Phi) is 1.96. The van der Waals surface area contributed by atoms with Gasteiger partial charge in [0, 0.05) is 24.2 Å². The zero-order chi connectivity index (χ0) is 9.42. The third kappa shape index (κ3) is 1.40. The van der Waals surface area contributed by atoms with E-state index in [1.807, 2.05) is 13.0 Å². The molecule has 3 heteroatoms.